The molecule has 4 rings (SSSR count). The molecule has 7 heteroatoms. The molecule has 0 spiro atoms. The predicted molar refractivity (Wildman–Crippen MR) is 119 cm³/mol. The van der Waals surface area contributed by atoms with Crippen LogP contribution in [-0.2, 0) is 11.2 Å². The number of amides is 1. The van der Waals surface area contributed by atoms with E-state index in [2.05, 4.69) is 5.32 Å². The number of rotatable bonds is 5. The summed E-state index contributed by atoms with van der Waals surface area (Å²) in [5.74, 6) is 1.63. The second-order valence-electron chi connectivity index (χ2n) is 8.63. The third-order valence-corrected chi connectivity index (χ3v) is 6.80. The van der Waals surface area contributed by atoms with Gasteiger partial charge in [-0.15, -0.1) is 12.4 Å². The van der Waals surface area contributed by atoms with Crippen molar-refractivity contribution >= 4 is 29.3 Å². The number of carbonyl (C=O) groups excluding carboxylic acids is 1. The van der Waals surface area contributed by atoms with E-state index in [0.29, 0.717) is 35.2 Å². The standard InChI is InChI=1S/C23H30N2O4.ClH/c1-13-18-7-6-17(28-2)12-20(18)29-23(27)19(13)8-9-21(26)25-22-14-4-3-5-15(22)11-16(24)10-14;/h6-7,12,14-16,22H,3-5,8-11,24H2,1-2H3,(H,25,26);1H. The Balaban J connectivity index is 0.00000256. The second-order valence-corrected chi connectivity index (χ2v) is 8.63. The first kappa shape index (κ1) is 22.6. The Morgan fingerprint density at radius 1 is 1.27 bits per heavy atom. The van der Waals surface area contributed by atoms with Crippen LogP contribution in [0.1, 0.15) is 49.7 Å². The van der Waals surface area contributed by atoms with Gasteiger partial charge in [-0.1, -0.05) is 6.42 Å². The van der Waals surface area contributed by atoms with Gasteiger partial charge in [-0.05, 0) is 68.6 Å². The molecule has 0 radical (unpaired) electrons. The molecule has 0 saturated heterocycles. The van der Waals surface area contributed by atoms with Crippen LogP contribution in [0, 0.1) is 18.8 Å². The van der Waals surface area contributed by atoms with Crippen LogP contribution in [-0.4, -0.2) is 25.1 Å². The molecule has 6 nitrogen and oxygen atoms in total. The van der Waals surface area contributed by atoms with Crippen LogP contribution in [0.2, 0.25) is 0 Å². The van der Waals surface area contributed by atoms with Gasteiger partial charge in [0.25, 0.3) is 0 Å². The first-order valence-corrected chi connectivity index (χ1v) is 10.6. The molecule has 2 aromatic rings. The lowest BCUT2D eigenvalue weighted by molar-refractivity contribution is -0.123. The Kier molecular flexibility index (Phi) is 7.09. The molecule has 1 aromatic carbocycles. The fraction of sp³-hybridized carbons (Fsp3) is 0.565. The summed E-state index contributed by atoms with van der Waals surface area (Å²) >= 11 is 0. The van der Waals surface area contributed by atoms with E-state index in [4.69, 9.17) is 14.9 Å². The molecular weight excluding hydrogens is 404 g/mol. The summed E-state index contributed by atoms with van der Waals surface area (Å²) in [6.07, 6.45) is 6.18. The number of nitrogens with one attached hydrogen (secondary N) is 1. The summed E-state index contributed by atoms with van der Waals surface area (Å²) in [4.78, 5) is 25.2. The molecule has 3 N–H and O–H groups in total. The minimum Gasteiger partial charge on any atom is -0.497 e. The van der Waals surface area contributed by atoms with E-state index in [0.717, 1.165) is 36.6 Å². The second kappa shape index (κ2) is 9.40. The van der Waals surface area contributed by atoms with Crippen molar-refractivity contribution < 1.29 is 13.9 Å². The van der Waals surface area contributed by atoms with E-state index in [1.165, 1.54) is 6.42 Å². The molecule has 2 unspecified atom stereocenters. The number of halogens is 1. The predicted octanol–water partition coefficient (Wildman–Crippen LogP) is 3.49. The molecular formula is C23H31ClN2O4. The number of ether oxygens (including phenoxy) is 1. The van der Waals surface area contributed by atoms with Crippen LogP contribution in [0.4, 0.5) is 0 Å². The molecule has 2 aliphatic carbocycles. The SMILES string of the molecule is COc1ccc2c(C)c(CCC(=O)NC3C4CCCC3CC(N)C4)c(=O)oc2c1.Cl. The van der Waals surface area contributed by atoms with Gasteiger partial charge in [0.2, 0.25) is 5.91 Å². The first-order chi connectivity index (χ1) is 14.0. The average molecular weight is 435 g/mol. The number of hydrogen-bond acceptors (Lipinski definition) is 5. The summed E-state index contributed by atoms with van der Waals surface area (Å²) in [6, 6.07) is 5.95. The van der Waals surface area contributed by atoms with Crippen LogP contribution < -0.4 is 21.4 Å². The quantitative estimate of drug-likeness (QED) is 0.702. The fourth-order valence-electron chi connectivity index (χ4n) is 5.31. The number of methoxy groups -OCH3 is 1. The van der Waals surface area contributed by atoms with E-state index in [-0.39, 0.29) is 42.4 Å². The first-order valence-electron chi connectivity index (χ1n) is 10.6. The topological polar surface area (TPSA) is 94.6 Å². The van der Waals surface area contributed by atoms with Crippen molar-refractivity contribution in [2.75, 3.05) is 7.11 Å². The Morgan fingerprint density at radius 2 is 1.97 bits per heavy atom. The van der Waals surface area contributed by atoms with Crippen LogP contribution in [0.15, 0.2) is 27.4 Å². The Labute approximate surface area is 182 Å². The summed E-state index contributed by atoms with van der Waals surface area (Å²) < 4.78 is 10.7. The Morgan fingerprint density at radius 3 is 2.63 bits per heavy atom. The zero-order valence-corrected chi connectivity index (χ0v) is 18.4. The van der Waals surface area contributed by atoms with Crippen LogP contribution in [0.3, 0.4) is 0 Å². The van der Waals surface area contributed by atoms with Crippen molar-refractivity contribution in [3.05, 3.63) is 39.7 Å². The van der Waals surface area contributed by atoms with Gasteiger partial charge in [0, 0.05) is 35.5 Å². The summed E-state index contributed by atoms with van der Waals surface area (Å²) in [6.45, 7) is 1.91. The number of benzene rings is 1. The van der Waals surface area contributed by atoms with Gasteiger partial charge in [0.15, 0.2) is 0 Å². The highest BCUT2D eigenvalue weighted by molar-refractivity contribution is 5.85. The van der Waals surface area contributed by atoms with Crippen molar-refractivity contribution in [2.45, 2.75) is 64.0 Å². The van der Waals surface area contributed by atoms with Crippen LogP contribution in [0.5, 0.6) is 5.75 Å². The van der Waals surface area contributed by atoms with E-state index in [1.54, 1.807) is 13.2 Å². The number of carbonyl (C=O) groups is 1. The van der Waals surface area contributed by atoms with Gasteiger partial charge in [-0.2, -0.15) is 0 Å². The van der Waals surface area contributed by atoms with Gasteiger partial charge in [-0.25, -0.2) is 4.79 Å². The molecule has 30 heavy (non-hydrogen) atoms. The highest BCUT2D eigenvalue weighted by Gasteiger charge is 2.39. The highest BCUT2D eigenvalue weighted by Crippen LogP contribution is 2.39. The lowest BCUT2D eigenvalue weighted by Crippen LogP contribution is -2.53. The smallest absolute Gasteiger partial charge is 0.339 e. The molecule has 2 bridgehead atoms. The molecule has 1 amide bonds. The minimum atomic E-state index is -0.378. The van der Waals surface area contributed by atoms with Crippen molar-refractivity contribution in [3.8, 4) is 5.75 Å². The van der Waals surface area contributed by atoms with E-state index >= 15 is 0 Å². The highest BCUT2D eigenvalue weighted by atomic mass is 35.5. The summed E-state index contributed by atoms with van der Waals surface area (Å²) in [7, 11) is 1.58. The Bertz CT molecular complexity index is 960. The average Bonchev–Trinajstić information content (AvgIpc) is 2.68. The molecule has 164 valence electrons. The molecule has 2 fully saturated rings. The molecule has 2 atom stereocenters. The fourth-order valence-corrected chi connectivity index (χ4v) is 5.31. The molecule has 2 saturated carbocycles. The Hall–Kier alpha value is -2.05. The van der Waals surface area contributed by atoms with Crippen molar-refractivity contribution in [1.29, 1.82) is 0 Å². The van der Waals surface area contributed by atoms with E-state index in [9.17, 15) is 9.59 Å². The van der Waals surface area contributed by atoms with Gasteiger partial charge in [-0.3, -0.25) is 4.79 Å². The third-order valence-electron chi connectivity index (χ3n) is 6.80. The zero-order valence-electron chi connectivity index (χ0n) is 17.6. The van der Waals surface area contributed by atoms with Crippen LogP contribution in [0.25, 0.3) is 11.0 Å². The lowest BCUT2D eigenvalue weighted by atomic mass is 9.67. The molecule has 1 aromatic heterocycles. The van der Waals surface area contributed by atoms with Crippen molar-refractivity contribution in [1.82, 2.24) is 5.32 Å². The summed E-state index contributed by atoms with van der Waals surface area (Å²) in [5.41, 5.74) is 7.75. The zero-order chi connectivity index (χ0) is 20.5. The maximum Gasteiger partial charge on any atom is 0.339 e. The molecule has 1 heterocycles. The summed E-state index contributed by atoms with van der Waals surface area (Å²) in [5, 5.41) is 4.13. The maximum absolute atomic E-state index is 12.7. The van der Waals surface area contributed by atoms with E-state index in [1.807, 2.05) is 19.1 Å². The molecule has 0 aliphatic heterocycles. The third kappa shape index (κ3) is 4.49. The van der Waals surface area contributed by atoms with Gasteiger partial charge < -0.3 is 20.2 Å². The number of aryl methyl sites for hydroxylation is 1. The van der Waals surface area contributed by atoms with Crippen molar-refractivity contribution in [3.63, 3.8) is 0 Å². The van der Waals surface area contributed by atoms with Crippen LogP contribution >= 0.6 is 12.4 Å². The van der Waals surface area contributed by atoms with Crippen molar-refractivity contribution in [2.24, 2.45) is 17.6 Å². The largest absolute Gasteiger partial charge is 0.497 e. The number of hydrogen-bond donors (Lipinski definition) is 2. The van der Waals surface area contributed by atoms with Gasteiger partial charge in [0.1, 0.15) is 11.3 Å². The molecule has 2 aliphatic rings. The van der Waals surface area contributed by atoms with E-state index < -0.39 is 0 Å². The lowest BCUT2D eigenvalue weighted by Gasteiger charge is -2.45. The maximum atomic E-state index is 12.7. The number of fused-ring (bicyclic) bond motifs is 3. The normalized spacial score (nSPS) is 25.4. The van der Waals surface area contributed by atoms with Gasteiger partial charge in [0.05, 0.1) is 7.11 Å². The minimum absolute atomic E-state index is 0. The van der Waals surface area contributed by atoms with Gasteiger partial charge >= 0.3 is 5.63 Å². The monoisotopic (exact) mass is 434 g/mol. The number of nitrogens with two attached hydrogens (primary N) is 1.